The van der Waals surface area contributed by atoms with Crippen molar-refractivity contribution < 1.29 is 5.11 Å². The van der Waals surface area contributed by atoms with E-state index in [-0.39, 0.29) is 6.61 Å². The summed E-state index contributed by atoms with van der Waals surface area (Å²) < 4.78 is 3.06. The molecule has 0 fully saturated rings. The highest BCUT2D eigenvalue weighted by Gasteiger charge is 2.15. The molecule has 1 rings (SSSR count). The van der Waals surface area contributed by atoms with Crippen molar-refractivity contribution >= 4 is 15.9 Å². The highest BCUT2D eigenvalue weighted by molar-refractivity contribution is 9.10. The van der Waals surface area contributed by atoms with E-state index in [1.165, 1.54) is 12.1 Å². The summed E-state index contributed by atoms with van der Waals surface area (Å²) in [6, 6.07) is 0. The van der Waals surface area contributed by atoms with Crippen molar-refractivity contribution in [2.45, 2.75) is 39.7 Å². The van der Waals surface area contributed by atoms with Crippen molar-refractivity contribution in [2.75, 3.05) is 19.7 Å². The van der Waals surface area contributed by atoms with Crippen molar-refractivity contribution in [3.05, 3.63) is 15.9 Å². The Labute approximate surface area is 118 Å². The summed E-state index contributed by atoms with van der Waals surface area (Å²) in [4.78, 5) is 2.28. The molecule has 5 heteroatoms. The molecule has 0 unspecified atom stereocenters. The molecule has 0 aliphatic heterocycles. The van der Waals surface area contributed by atoms with Gasteiger partial charge in [-0.15, -0.1) is 0 Å². The smallest absolute Gasteiger partial charge is 0.0767 e. The van der Waals surface area contributed by atoms with Gasteiger partial charge in [-0.1, -0.05) is 20.3 Å². The molecule has 0 radical (unpaired) electrons. The SMILES string of the molecule is CCCCN(CCO)Cc1c(Br)c(CC)nn1C. The molecule has 0 aliphatic rings. The fraction of sp³-hybridized carbons (Fsp3) is 0.769. The van der Waals surface area contributed by atoms with Gasteiger partial charge in [-0.05, 0) is 35.3 Å². The number of unbranched alkanes of at least 4 members (excludes halogenated alkanes) is 1. The largest absolute Gasteiger partial charge is 0.395 e. The second-order valence-corrected chi connectivity index (χ2v) is 5.33. The number of aryl methyl sites for hydroxylation is 2. The molecule has 1 N–H and O–H groups in total. The molecule has 18 heavy (non-hydrogen) atoms. The lowest BCUT2D eigenvalue weighted by molar-refractivity contribution is 0.185. The third-order valence-corrected chi connectivity index (χ3v) is 4.04. The third kappa shape index (κ3) is 4.07. The zero-order valence-corrected chi connectivity index (χ0v) is 13.2. The maximum absolute atomic E-state index is 9.13. The van der Waals surface area contributed by atoms with Crippen LogP contribution in [0.3, 0.4) is 0 Å². The van der Waals surface area contributed by atoms with E-state index in [9.17, 15) is 0 Å². The summed E-state index contributed by atoms with van der Waals surface area (Å²) in [7, 11) is 1.98. The van der Waals surface area contributed by atoms with Crippen LogP contribution in [0.4, 0.5) is 0 Å². The third-order valence-electron chi connectivity index (χ3n) is 3.12. The number of aliphatic hydroxyl groups excluding tert-OH is 1. The molecule has 1 aromatic heterocycles. The number of halogens is 1. The number of rotatable bonds is 8. The monoisotopic (exact) mass is 317 g/mol. The van der Waals surface area contributed by atoms with Gasteiger partial charge in [0.25, 0.3) is 0 Å². The van der Waals surface area contributed by atoms with E-state index >= 15 is 0 Å². The number of aromatic nitrogens is 2. The Bertz CT molecular complexity index is 365. The molecular formula is C13H24BrN3O. The molecule has 0 aromatic carbocycles. The van der Waals surface area contributed by atoms with Gasteiger partial charge in [0.2, 0.25) is 0 Å². The van der Waals surface area contributed by atoms with Crippen molar-refractivity contribution in [1.29, 1.82) is 0 Å². The first-order valence-electron chi connectivity index (χ1n) is 6.67. The van der Waals surface area contributed by atoms with Crippen LogP contribution in [0.25, 0.3) is 0 Å². The summed E-state index contributed by atoms with van der Waals surface area (Å²) in [6.45, 7) is 7.09. The molecule has 1 aromatic rings. The summed E-state index contributed by atoms with van der Waals surface area (Å²) >= 11 is 3.64. The normalized spacial score (nSPS) is 11.4. The van der Waals surface area contributed by atoms with Crippen LogP contribution >= 0.6 is 15.9 Å². The summed E-state index contributed by atoms with van der Waals surface area (Å²) in [5.74, 6) is 0. The standard InChI is InChI=1S/C13H24BrN3O/c1-4-6-7-17(8-9-18)10-12-13(14)11(5-2)15-16(12)3/h18H,4-10H2,1-3H3. The highest BCUT2D eigenvalue weighted by Crippen LogP contribution is 2.22. The first-order valence-corrected chi connectivity index (χ1v) is 7.46. The highest BCUT2D eigenvalue weighted by atomic mass is 79.9. The van der Waals surface area contributed by atoms with Crippen molar-refractivity contribution in [1.82, 2.24) is 14.7 Å². The van der Waals surface area contributed by atoms with Crippen molar-refractivity contribution in [2.24, 2.45) is 7.05 Å². The van der Waals surface area contributed by atoms with Gasteiger partial charge in [-0.2, -0.15) is 5.10 Å². The summed E-state index contributed by atoms with van der Waals surface area (Å²) in [5, 5.41) is 13.6. The van der Waals surface area contributed by atoms with Gasteiger partial charge in [-0.3, -0.25) is 9.58 Å². The van der Waals surface area contributed by atoms with Crippen LogP contribution in [0.2, 0.25) is 0 Å². The molecule has 0 aliphatic carbocycles. The van der Waals surface area contributed by atoms with Crippen LogP contribution in [0, 0.1) is 0 Å². The minimum Gasteiger partial charge on any atom is -0.395 e. The van der Waals surface area contributed by atoms with Crippen LogP contribution in [-0.2, 0) is 20.0 Å². The Morgan fingerprint density at radius 2 is 2.06 bits per heavy atom. The molecule has 0 saturated carbocycles. The Morgan fingerprint density at radius 3 is 2.56 bits per heavy atom. The maximum atomic E-state index is 9.13. The van der Waals surface area contributed by atoms with Crippen LogP contribution in [-0.4, -0.2) is 39.5 Å². The molecule has 0 spiro atoms. The van der Waals surface area contributed by atoms with Crippen LogP contribution in [0.5, 0.6) is 0 Å². The molecule has 0 amide bonds. The molecule has 0 atom stereocenters. The zero-order valence-electron chi connectivity index (χ0n) is 11.6. The Balaban J connectivity index is 2.76. The van der Waals surface area contributed by atoms with Crippen molar-refractivity contribution in [3.63, 3.8) is 0 Å². The van der Waals surface area contributed by atoms with E-state index in [2.05, 4.69) is 39.8 Å². The summed E-state index contributed by atoms with van der Waals surface area (Å²) in [6.07, 6.45) is 3.27. The Kier molecular flexibility index (Phi) is 6.89. The van der Waals surface area contributed by atoms with Crippen molar-refractivity contribution in [3.8, 4) is 0 Å². The fourth-order valence-electron chi connectivity index (χ4n) is 2.00. The predicted octanol–water partition coefficient (Wildman–Crippen LogP) is 2.34. The molecule has 4 nitrogen and oxygen atoms in total. The van der Waals surface area contributed by atoms with Gasteiger partial charge < -0.3 is 5.11 Å². The first kappa shape index (κ1) is 15.7. The minimum absolute atomic E-state index is 0.208. The first-order chi connectivity index (χ1) is 8.63. The van der Waals surface area contributed by atoms with Crippen LogP contribution < -0.4 is 0 Å². The maximum Gasteiger partial charge on any atom is 0.0767 e. The number of hydrogen-bond donors (Lipinski definition) is 1. The average Bonchev–Trinajstić information content (AvgIpc) is 2.63. The van der Waals surface area contributed by atoms with Crippen LogP contribution in [0.1, 0.15) is 38.1 Å². The lowest BCUT2D eigenvalue weighted by Crippen LogP contribution is -2.28. The molecule has 1 heterocycles. The van der Waals surface area contributed by atoms with Gasteiger partial charge in [0, 0.05) is 20.1 Å². The quantitative estimate of drug-likeness (QED) is 0.800. The number of aliphatic hydroxyl groups is 1. The average molecular weight is 318 g/mol. The van der Waals surface area contributed by atoms with Crippen LogP contribution in [0.15, 0.2) is 4.47 Å². The molecule has 104 valence electrons. The molecule has 0 bridgehead atoms. The second-order valence-electron chi connectivity index (χ2n) is 4.54. The number of nitrogens with zero attached hydrogens (tertiary/aromatic N) is 3. The minimum atomic E-state index is 0.208. The predicted molar refractivity (Wildman–Crippen MR) is 77.6 cm³/mol. The van der Waals surface area contributed by atoms with E-state index in [0.29, 0.717) is 0 Å². The van der Waals surface area contributed by atoms with Gasteiger partial charge in [0.15, 0.2) is 0 Å². The lowest BCUT2D eigenvalue weighted by Gasteiger charge is -2.21. The molecule has 0 saturated heterocycles. The second kappa shape index (κ2) is 7.92. The zero-order chi connectivity index (χ0) is 13.5. The Hall–Kier alpha value is -0.390. The summed E-state index contributed by atoms with van der Waals surface area (Å²) in [5.41, 5.74) is 2.29. The van der Waals surface area contributed by atoms with E-state index in [1.54, 1.807) is 0 Å². The lowest BCUT2D eigenvalue weighted by atomic mass is 10.2. The number of hydrogen-bond acceptors (Lipinski definition) is 3. The molecular weight excluding hydrogens is 294 g/mol. The van der Waals surface area contributed by atoms with Gasteiger partial charge >= 0.3 is 0 Å². The van der Waals surface area contributed by atoms with Gasteiger partial charge in [0.05, 0.1) is 22.5 Å². The van der Waals surface area contributed by atoms with E-state index in [4.69, 9.17) is 5.11 Å². The van der Waals surface area contributed by atoms with Gasteiger partial charge in [-0.25, -0.2) is 0 Å². The topological polar surface area (TPSA) is 41.3 Å². The van der Waals surface area contributed by atoms with E-state index < -0.39 is 0 Å². The fourth-order valence-corrected chi connectivity index (χ4v) is 2.74. The Morgan fingerprint density at radius 1 is 1.33 bits per heavy atom. The van der Waals surface area contributed by atoms with E-state index in [1.807, 2.05) is 11.7 Å². The van der Waals surface area contributed by atoms with Gasteiger partial charge in [0.1, 0.15) is 0 Å². The van der Waals surface area contributed by atoms with E-state index in [0.717, 1.165) is 42.6 Å².